The van der Waals surface area contributed by atoms with Crippen LogP contribution in [-0.2, 0) is 15.6 Å². The van der Waals surface area contributed by atoms with Crippen molar-refractivity contribution in [3.63, 3.8) is 0 Å². The Labute approximate surface area is 104 Å². The van der Waals surface area contributed by atoms with Gasteiger partial charge in [-0.05, 0) is 25.5 Å². The quantitative estimate of drug-likeness (QED) is 0.778. The standard InChI is InChI=1S/C12H18N2O2S/c1-3-9(2)14-12(15)8-17(16)11-7-5-4-6-10(11)13/h4-7,9H,3,8,13H2,1-2H3,(H,14,15). The molecule has 0 spiro atoms. The third kappa shape index (κ3) is 4.19. The maximum atomic E-state index is 11.9. The third-order valence-electron chi connectivity index (χ3n) is 2.45. The summed E-state index contributed by atoms with van der Waals surface area (Å²) in [5.74, 6) is -0.251. The van der Waals surface area contributed by atoms with Crippen LogP contribution in [0.25, 0.3) is 0 Å². The van der Waals surface area contributed by atoms with Gasteiger partial charge in [0.2, 0.25) is 5.91 Å². The van der Waals surface area contributed by atoms with Crippen molar-refractivity contribution in [3.05, 3.63) is 24.3 Å². The van der Waals surface area contributed by atoms with Crippen LogP contribution in [0.5, 0.6) is 0 Å². The molecule has 3 N–H and O–H groups in total. The number of rotatable bonds is 5. The van der Waals surface area contributed by atoms with Crippen LogP contribution in [0, 0.1) is 0 Å². The maximum Gasteiger partial charge on any atom is 0.233 e. The molecule has 17 heavy (non-hydrogen) atoms. The molecule has 5 heteroatoms. The highest BCUT2D eigenvalue weighted by molar-refractivity contribution is 7.86. The van der Waals surface area contributed by atoms with E-state index in [0.29, 0.717) is 10.6 Å². The van der Waals surface area contributed by atoms with Gasteiger partial charge in [0.1, 0.15) is 5.75 Å². The largest absolute Gasteiger partial charge is 0.398 e. The lowest BCUT2D eigenvalue weighted by Crippen LogP contribution is -2.35. The summed E-state index contributed by atoms with van der Waals surface area (Å²) in [7, 11) is -1.38. The number of carbonyl (C=O) groups excluding carboxylic acids is 1. The molecule has 94 valence electrons. The predicted octanol–water partition coefficient (Wildman–Crippen LogP) is 1.29. The molecule has 0 aliphatic carbocycles. The minimum atomic E-state index is -1.38. The van der Waals surface area contributed by atoms with E-state index in [0.717, 1.165) is 6.42 Å². The molecule has 0 aliphatic rings. The van der Waals surface area contributed by atoms with Crippen LogP contribution in [0.15, 0.2) is 29.2 Å². The Morgan fingerprint density at radius 3 is 2.71 bits per heavy atom. The Kier molecular flexibility index (Phi) is 5.15. The zero-order valence-corrected chi connectivity index (χ0v) is 10.9. The average molecular weight is 254 g/mol. The molecule has 0 fully saturated rings. The number of hydrogen-bond donors (Lipinski definition) is 2. The molecular weight excluding hydrogens is 236 g/mol. The van der Waals surface area contributed by atoms with Crippen molar-refractivity contribution in [3.8, 4) is 0 Å². The number of amides is 1. The van der Waals surface area contributed by atoms with Crippen LogP contribution < -0.4 is 11.1 Å². The molecule has 0 bridgehead atoms. The van der Waals surface area contributed by atoms with Crippen LogP contribution >= 0.6 is 0 Å². The maximum absolute atomic E-state index is 11.9. The molecule has 0 saturated carbocycles. The fourth-order valence-electron chi connectivity index (χ4n) is 1.30. The number of carbonyl (C=O) groups is 1. The highest BCUT2D eigenvalue weighted by Crippen LogP contribution is 2.15. The van der Waals surface area contributed by atoms with E-state index in [9.17, 15) is 9.00 Å². The lowest BCUT2D eigenvalue weighted by Gasteiger charge is -2.11. The number of benzene rings is 1. The van der Waals surface area contributed by atoms with E-state index in [2.05, 4.69) is 5.32 Å². The first-order valence-electron chi connectivity index (χ1n) is 5.56. The molecule has 1 aromatic rings. The Morgan fingerprint density at radius 2 is 2.12 bits per heavy atom. The Hall–Kier alpha value is -1.36. The van der Waals surface area contributed by atoms with E-state index < -0.39 is 10.8 Å². The number of hydrogen-bond acceptors (Lipinski definition) is 3. The summed E-state index contributed by atoms with van der Waals surface area (Å²) in [6.45, 7) is 3.90. The molecule has 0 saturated heterocycles. The second-order valence-electron chi connectivity index (χ2n) is 3.90. The molecule has 0 aromatic heterocycles. The predicted molar refractivity (Wildman–Crippen MR) is 70.0 cm³/mol. The van der Waals surface area contributed by atoms with Crippen molar-refractivity contribution >= 4 is 22.4 Å². The number of anilines is 1. The molecule has 0 aliphatic heterocycles. The zero-order chi connectivity index (χ0) is 12.8. The van der Waals surface area contributed by atoms with Crippen molar-refractivity contribution in [1.82, 2.24) is 5.32 Å². The molecule has 4 nitrogen and oxygen atoms in total. The van der Waals surface area contributed by atoms with E-state index in [4.69, 9.17) is 5.73 Å². The van der Waals surface area contributed by atoms with Crippen molar-refractivity contribution in [2.75, 3.05) is 11.5 Å². The number of nitrogen functional groups attached to an aromatic ring is 1. The van der Waals surface area contributed by atoms with Crippen LogP contribution in [0.1, 0.15) is 20.3 Å². The summed E-state index contributed by atoms with van der Waals surface area (Å²) in [6.07, 6.45) is 0.853. The van der Waals surface area contributed by atoms with Gasteiger partial charge in [-0.15, -0.1) is 0 Å². The Bertz CT molecular complexity index is 421. The van der Waals surface area contributed by atoms with Crippen LogP contribution in [0.3, 0.4) is 0 Å². The number of para-hydroxylation sites is 1. The summed E-state index contributed by atoms with van der Waals surface area (Å²) < 4.78 is 11.9. The number of nitrogens with one attached hydrogen (secondary N) is 1. The van der Waals surface area contributed by atoms with Gasteiger partial charge in [-0.2, -0.15) is 0 Å². The van der Waals surface area contributed by atoms with E-state index in [1.807, 2.05) is 13.8 Å². The van der Waals surface area contributed by atoms with Gasteiger partial charge in [-0.1, -0.05) is 19.1 Å². The topological polar surface area (TPSA) is 72.2 Å². The first-order valence-corrected chi connectivity index (χ1v) is 6.88. The summed E-state index contributed by atoms with van der Waals surface area (Å²) in [6, 6.07) is 7.00. The van der Waals surface area contributed by atoms with E-state index in [1.54, 1.807) is 24.3 Å². The molecule has 1 aromatic carbocycles. The molecule has 1 amide bonds. The van der Waals surface area contributed by atoms with Gasteiger partial charge in [0, 0.05) is 11.7 Å². The second kappa shape index (κ2) is 6.39. The van der Waals surface area contributed by atoms with Gasteiger partial charge >= 0.3 is 0 Å². The average Bonchev–Trinajstić information content (AvgIpc) is 2.29. The van der Waals surface area contributed by atoms with Crippen molar-refractivity contribution in [2.24, 2.45) is 0 Å². The SMILES string of the molecule is CCC(C)NC(=O)CS(=O)c1ccccc1N. The first-order chi connectivity index (χ1) is 8.04. The molecule has 2 atom stereocenters. The molecule has 1 rings (SSSR count). The smallest absolute Gasteiger partial charge is 0.233 e. The van der Waals surface area contributed by atoms with E-state index in [1.165, 1.54) is 0 Å². The Balaban J connectivity index is 2.61. The fraction of sp³-hybridized carbons (Fsp3) is 0.417. The minimum Gasteiger partial charge on any atom is -0.398 e. The zero-order valence-electron chi connectivity index (χ0n) is 10.1. The molecule has 2 unspecified atom stereocenters. The van der Waals surface area contributed by atoms with Gasteiger partial charge < -0.3 is 11.1 Å². The van der Waals surface area contributed by atoms with Gasteiger partial charge in [-0.25, -0.2) is 0 Å². The lowest BCUT2D eigenvalue weighted by molar-refractivity contribution is -0.119. The number of nitrogens with two attached hydrogens (primary N) is 1. The van der Waals surface area contributed by atoms with Gasteiger partial charge in [0.05, 0.1) is 15.7 Å². The summed E-state index contributed by atoms with van der Waals surface area (Å²) in [5.41, 5.74) is 6.16. The summed E-state index contributed by atoms with van der Waals surface area (Å²) in [5, 5.41) is 2.78. The van der Waals surface area contributed by atoms with Crippen LogP contribution in [0.2, 0.25) is 0 Å². The van der Waals surface area contributed by atoms with Crippen molar-refractivity contribution in [1.29, 1.82) is 0 Å². The molecule has 0 radical (unpaired) electrons. The van der Waals surface area contributed by atoms with Crippen LogP contribution in [-0.4, -0.2) is 21.9 Å². The highest BCUT2D eigenvalue weighted by atomic mass is 32.2. The first kappa shape index (κ1) is 13.7. The highest BCUT2D eigenvalue weighted by Gasteiger charge is 2.13. The fourth-order valence-corrected chi connectivity index (χ4v) is 2.34. The minimum absolute atomic E-state index is 0.0431. The van der Waals surface area contributed by atoms with Gasteiger partial charge in [0.15, 0.2) is 0 Å². The van der Waals surface area contributed by atoms with Gasteiger partial charge in [0.25, 0.3) is 0 Å². The monoisotopic (exact) mass is 254 g/mol. The van der Waals surface area contributed by atoms with Crippen molar-refractivity contribution in [2.45, 2.75) is 31.2 Å². The lowest BCUT2D eigenvalue weighted by atomic mass is 10.3. The molecular formula is C12H18N2O2S. The van der Waals surface area contributed by atoms with Crippen molar-refractivity contribution < 1.29 is 9.00 Å². The second-order valence-corrected chi connectivity index (χ2v) is 5.32. The Morgan fingerprint density at radius 1 is 1.47 bits per heavy atom. The normalized spacial score (nSPS) is 14.0. The van der Waals surface area contributed by atoms with E-state index >= 15 is 0 Å². The summed E-state index contributed by atoms with van der Waals surface area (Å²) in [4.78, 5) is 12.1. The summed E-state index contributed by atoms with van der Waals surface area (Å²) >= 11 is 0. The molecule has 0 heterocycles. The van der Waals surface area contributed by atoms with E-state index in [-0.39, 0.29) is 17.7 Å². The third-order valence-corrected chi connectivity index (χ3v) is 3.83. The van der Waals surface area contributed by atoms with Crippen LogP contribution in [0.4, 0.5) is 5.69 Å². The van der Waals surface area contributed by atoms with Gasteiger partial charge in [-0.3, -0.25) is 9.00 Å².